The van der Waals surface area contributed by atoms with E-state index in [9.17, 15) is 19.7 Å². The number of hydrogen-bond donors (Lipinski definition) is 0. The Morgan fingerprint density at radius 2 is 1.65 bits per heavy atom. The highest BCUT2D eigenvalue weighted by atomic mass is 35.5. The average molecular weight is 330 g/mol. The van der Waals surface area contributed by atoms with Crippen LogP contribution in [0.3, 0.4) is 0 Å². The Bertz CT molecular complexity index is 873. The van der Waals surface area contributed by atoms with Gasteiger partial charge in [-0.3, -0.25) is 19.7 Å². The Morgan fingerprint density at radius 3 is 2.30 bits per heavy atom. The molecule has 0 unspecified atom stereocenters. The van der Waals surface area contributed by atoms with Crippen molar-refractivity contribution in [1.29, 1.82) is 0 Å². The molecule has 0 aromatic heterocycles. The monoisotopic (exact) mass is 329 g/mol. The number of hydrogen-bond acceptors (Lipinski definition) is 5. The molecule has 0 heterocycles. The number of nitro benzene ring substituents is 1. The Labute approximate surface area is 135 Å². The highest BCUT2D eigenvalue weighted by Gasteiger charge is 2.38. The van der Waals surface area contributed by atoms with Crippen molar-refractivity contribution in [2.45, 2.75) is 0 Å². The zero-order valence-corrected chi connectivity index (χ0v) is 12.2. The van der Waals surface area contributed by atoms with Crippen molar-refractivity contribution in [2.75, 3.05) is 0 Å². The van der Waals surface area contributed by atoms with Gasteiger partial charge in [-0.25, -0.2) is 0 Å². The summed E-state index contributed by atoms with van der Waals surface area (Å²) in [5.41, 5.74) is -0.870. The fraction of sp³-hybridized carbons (Fsp3) is 0. The van der Waals surface area contributed by atoms with Gasteiger partial charge in [0.25, 0.3) is 5.69 Å². The number of carbonyl (C=O) groups is 2. The van der Waals surface area contributed by atoms with Gasteiger partial charge in [0.2, 0.25) is 11.6 Å². The number of benzene rings is 2. The summed E-state index contributed by atoms with van der Waals surface area (Å²) in [7, 11) is 0. The molecular formula is C16H8ClNO5. The van der Waals surface area contributed by atoms with E-state index in [-0.39, 0.29) is 16.9 Å². The number of para-hydroxylation sites is 1. The molecule has 0 radical (unpaired) electrons. The summed E-state index contributed by atoms with van der Waals surface area (Å²) in [6.07, 6.45) is 0. The van der Waals surface area contributed by atoms with Crippen LogP contribution >= 0.6 is 11.6 Å². The second-order valence-electron chi connectivity index (χ2n) is 4.67. The Kier molecular flexibility index (Phi) is 3.67. The van der Waals surface area contributed by atoms with Gasteiger partial charge in [0.15, 0.2) is 5.76 Å². The molecule has 3 rings (SSSR count). The van der Waals surface area contributed by atoms with Gasteiger partial charge in [0.05, 0.1) is 4.92 Å². The van der Waals surface area contributed by atoms with Gasteiger partial charge in [-0.2, -0.15) is 0 Å². The first-order valence-corrected chi connectivity index (χ1v) is 6.88. The van der Waals surface area contributed by atoms with Gasteiger partial charge in [0.1, 0.15) is 16.3 Å². The van der Waals surface area contributed by atoms with Crippen LogP contribution in [0.2, 0.25) is 0 Å². The highest BCUT2D eigenvalue weighted by molar-refractivity contribution is 6.50. The largest absolute Gasteiger partial charge is 0.451 e. The fourth-order valence-electron chi connectivity index (χ4n) is 2.25. The van der Waals surface area contributed by atoms with E-state index in [1.807, 2.05) is 0 Å². The second kappa shape index (κ2) is 5.66. The van der Waals surface area contributed by atoms with Crippen LogP contribution in [0.4, 0.5) is 5.69 Å². The third-order valence-electron chi connectivity index (χ3n) is 3.28. The van der Waals surface area contributed by atoms with Crippen LogP contribution in [0.1, 0.15) is 20.7 Å². The normalized spacial score (nSPS) is 13.8. The molecule has 6 nitrogen and oxygen atoms in total. The highest BCUT2D eigenvalue weighted by Crippen LogP contribution is 2.34. The smallest absolute Gasteiger partial charge is 0.281 e. The van der Waals surface area contributed by atoms with Crippen LogP contribution in [-0.2, 0) is 0 Å². The summed E-state index contributed by atoms with van der Waals surface area (Å²) in [4.78, 5) is 35.2. The molecule has 0 saturated heterocycles. The van der Waals surface area contributed by atoms with Crippen LogP contribution in [0.15, 0.2) is 59.3 Å². The van der Waals surface area contributed by atoms with E-state index in [1.165, 1.54) is 12.1 Å². The van der Waals surface area contributed by atoms with Crippen molar-refractivity contribution in [2.24, 2.45) is 0 Å². The fourth-order valence-corrected chi connectivity index (χ4v) is 2.47. The molecule has 0 saturated carbocycles. The number of ether oxygens (including phenoxy) is 1. The van der Waals surface area contributed by atoms with Crippen molar-refractivity contribution in [3.8, 4) is 5.75 Å². The molecule has 0 N–H and O–H groups in total. The van der Waals surface area contributed by atoms with E-state index in [0.29, 0.717) is 5.75 Å². The molecule has 7 heteroatoms. The Morgan fingerprint density at radius 1 is 0.957 bits per heavy atom. The second-order valence-corrected chi connectivity index (χ2v) is 5.05. The number of rotatable bonds is 3. The number of nitro groups is 1. The number of fused-ring (bicyclic) bond motifs is 1. The van der Waals surface area contributed by atoms with Crippen LogP contribution in [0.25, 0.3) is 0 Å². The average Bonchev–Trinajstić information content (AvgIpc) is 2.57. The molecule has 0 spiro atoms. The minimum Gasteiger partial charge on any atom is -0.451 e. The van der Waals surface area contributed by atoms with Gasteiger partial charge in [0, 0.05) is 11.6 Å². The molecule has 2 aromatic carbocycles. The molecule has 2 aromatic rings. The molecule has 114 valence electrons. The van der Waals surface area contributed by atoms with Gasteiger partial charge in [-0.05, 0) is 18.2 Å². The first-order valence-electron chi connectivity index (χ1n) is 6.50. The van der Waals surface area contributed by atoms with E-state index < -0.39 is 27.2 Å². The maximum absolute atomic E-state index is 12.5. The lowest BCUT2D eigenvalue weighted by Crippen LogP contribution is -2.24. The number of carbonyl (C=O) groups excluding carboxylic acids is 2. The summed E-state index contributed by atoms with van der Waals surface area (Å²) >= 11 is 5.94. The third-order valence-corrected chi connectivity index (χ3v) is 3.62. The lowest BCUT2D eigenvalue weighted by Gasteiger charge is -2.17. The van der Waals surface area contributed by atoms with E-state index in [0.717, 1.165) is 6.07 Å². The molecule has 0 amide bonds. The van der Waals surface area contributed by atoms with E-state index in [4.69, 9.17) is 16.3 Å². The lowest BCUT2D eigenvalue weighted by molar-refractivity contribution is -0.385. The Balaban J connectivity index is 2.12. The maximum Gasteiger partial charge on any atom is 0.281 e. The predicted molar refractivity (Wildman–Crippen MR) is 81.7 cm³/mol. The number of Topliss-reactive ketones (excluding diaryl/α,β-unsaturated/α-hetero) is 2. The number of nitrogens with zero attached hydrogens (tertiary/aromatic N) is 1. The van der Waals surface area contributed by atoms with Crippen molar-refractivity contribution < 1.29 is 19.2 Å². The van der Waals surface area contributed by atoms with E-state index >= 15 is 0 Å². The van der Waals surface area contributed by atoms with Crippen molar-refractivity contribution in [1.82, 2.24) is 0 Å². The maximum atomic E-state index is 12.5. The van der Waals surface area contributed by atoms with Crippen LogP contribution in [0.5, 0.6) is 5.75 Å². The summed E-state index contributed by atoms with van der Waals surface area (Å²) in [5.74, 6) is -1.48. The summed E-state index contributed by atoms with van der Waals surface area (Å²) in [6.45, 7) is 0. The minimum atomic E-state index is -0.806. The van der Waals surface area contributed by atoms with Gasteiger partial charge in [-0.15, -0.1) is 0 Å². The Hall–Kier alpha value is -2.99. The molecule has 0 atom stereocenters. The third kappa shape index (κ3) is 2.49. The zero-order chi connectivity index (χ0) is 16.6. The molecular weight excluding hydrogens is 322 g/mol. The van der Waals surface area contributed by atoms with E-state index in [1.54, 1.807) is 30.3 Å². The van der Waals surface area contributed by atoms with Crippen molar-refractivity contribution in [3.05, 3.63) is 80.6 Å². The molecule has 0 bridgehead atoms. The zero-order valence-electron chi connectivity index (χ0n) is 11.5. The van der Waals surface area contributed by atoms with Gasteiger partial charge >= 0.3 is 0 Å². The topological polar surface area (TPSA) is 86.5 Å². The summed E-state index contributed by atoms with van der Waals surface area (Å²) in [6, 6.07) is 12.2. The van der Waals surface area contributed by atoms with Crippen LogP contribution in [-0.4, -0.2) is 16.5 Å². The number of ketones is 2. The molecule has 0 aliphatic heterocycles. The summed E-state index contributed by atoms with van der Waals surface area (Å²) < 4.78 is 5.41. The first-order chi connectivity index (χ1) is 11.0. The SMILES string of the molecule is O=C1C(Oc2ccccc2)=C(Cl)C(=O)c2c1cccc2[N+](=O)[O-]. The standard InChI is InChI=1S/C16H8ClNO5/c17-13-15(20)12-10(7-4-8-11(12)18(21)22)14(19)16(13)23-9-5-2-1-3-6-9/h1-8H. The van der Waals surface area contributed by atoms with Crippen molar-refractivity contribution >= 4 is 28.9 Å². The predicted octanol–water partition coefficient (Wildman–Crippen LogP) is 3.50. The van der Waals surface area contributed by atoms with Gasteiger partial charge < -0.3 is 4.74 Å². The van der Waals surface area contributed by atoms with E-state index in [2.05, 4.69) is 0 Å². The van der Waals surface area contributed by atoms with Crippen molar-refractivity contribution in [3.63, 3.8) is 0 Å². The van der Waals surface area contributed by atoms with Crippen LogP contribution in [0, 0.1) is 10.1 Å². The summed E-state index contributed by atoms with van der Waals surface area (Å²) in [5, 5.41) is 10.6. The quantitative estimate of drug-likeness (QED) is 0.635. The molecule has 1 aliphatic carbocycles. The first kappa shape index (κ1) is 14.9. The van der Waals surface area contributed by atoms with Crippen LogP contribution < -0.4 is 4.74 Å². The molecule has 1 aliphatic rings. The molecule has 23 heavy (non-hydrogen) atoms. The number of halogens is 1. The number of allylic oxidation sites excluding steroid dienone is 2. The lowest BCUT2D eigenvalue weighted by atomic mass is 9.92. The van der Waals surface area contributed by atoms with Gasteiger partial charge in [-0.1, -0.05) is 35.9 Å². The molecule has 0 fully saturated rings. The minimum absolute atomic E-state index is 0.0977.